The van der Waals surface area contributed by atoms with Gasteiger partial charge >= 0.3 is 5.97 Å². The van der Waals surface area contributed by atoms with E-state index in [4.69, 9.17) is 10.00 Å². The molecule has 6 heteroatoms. The summed E-state index contributed by atoms with van der Waals surface area (Å²) >= 11 is 0. The van der Waals surface area contributed by atoms with Crippen LogP contribution < -0.4 is 5.32 Å². The highest BCUT2D eigenvalue weighted by molar-refractivity contribution is 6.05. The van der Waals surface area contributed by atoms with Crippen molar-refractivity contribution in [3.63, 3.8) is 0 Å². The number of hydrogen-bond donors (Lipinski definition) is 1. The van der Waals surface area contributed by atoms with Gasteiger partial charge in [-0.2, -0.15) is 5.26 Å². The molecule has 0 radical (unpaired) electrons. The fraction of sp³-hybridized carbons (Fsp3) is 0.158. The van der Waals surface area contributed by atoms with Gasteiger partial charge in [0.1, 0.15) is 0 Å². The summed E-state index contributed by atoms with van der Waals surface area (Å²) in [5.41, 5.74) is 1.23. The molecule has 0 heterocycles. The maximum atomic E-state index is 12.2. The number of carbonyl (C=O) groups excluding carboxylic acids is 3. The maximum Gasteiger partial charge on any atom is 0.338 e. The van der Waals surface area contributed by atoms with E-state index < -0.39 is 18.0 Å². The predicted molar refractivity (Wildman–Crippen MR) is 91.1 cm³/mol. The minimum atomic E-state index is -1.07. The number of Topliss-reactive ketones (excluding diaryl/α,β-unsaturated/α-hetero) is 1. The van der Waals surface area contributed by atoms with Crippen LogP contribution in [0.5, 0.6) is 0 Å². The zero-order valence-electron chi connectivity index (χ0n) is 13.8. The molecule has 1 atom stereocenters. The highest BCUT2D eigenvalue weighted by Crippen LogP contribution is 2.16. The SMILES string of the molecule is CC(=O)c1ccccc1NC(=O)[C@H](C)OC(=O)c1cccc(C#N)c1. The van der Waals surface area contributed by atoms with Crippen molar-refractivity contribution in [2.24, 2.45) is 0 Å². The van der Waals surface area contributed by atoms with E-state index in [-0.39, 0.29) is 11.3 Å². The molecule has 2 aromatic carbocycles. The van der Waals surface area contributed by atoms with E-state index in [9.17, 15) is 14.4 Å². The van der Waals surface area contributed by atoms with Gasteiger partial charge in [0.15, 0.2) is 11.9 Å². The summed E-state index contributed by atoms with van der Waals surface area (Å²) in [6.45, 7) is 2.83. The molecule has 1 amide bonds. The third-order valence-electron chi connectivity index (χ3n) is 3.44. The molecule has 1 N–H and O–H groups in total. The summed E-state index contributed by atoms with van der Waals surface area (Å²) in [7, 11) is 0. The first-order chi connectivity index (χ1) is 11.9. The number of amides is 1. The van der Waals surface area contributed by atoms with E-state index in [0.29, 0.717) is 16.8 Å². The Bertz CT molecular complexity index is 868. The molecule has 0 aliphatic rings. The molecule has 0 bridgehead atoms. The standard InChI is InChI=1S/C19H16N2O4/c1-12(22)16-8-3-4-9-17(16)21-18(23)13(2)25-19(24)15-7-5-6-14(10-15)11-20/h3-10,13H,1-2H3,(H,21,23)/t13-/m0/s1. The molecule has 0 spiro atoms. The molecule has 25 heavy (non-hydrogen) atoms. The normalized spacial score (nSPS) is 11.1. The Kier molecular flexibility index (Phi) is 5.64. The van der Waals surface area contributed by atoms with Crippen molar-refractivity contribution in [2.75, 3.05) is 5.32 Å². The lowest BCUT2D eigenvalue weighted by molar-refractivity contribution is -0.123. The Morgan fingerprint density at radius 1 is 1.12 bits per heavy atom. The summed E-state index contributed by atoms with van der Waals surface area (Å²) in [5.74, 6) is -1.45. The summed E-state index contributed by atoms with van der Waals surface area (Å²) in [4.78, 5) is 35.9. The van der Waals surface area contributed by atoms with Crippen LogP contribution in [-0.4, -0.2) is 23.8 Å². The smallest absolute Gasteiger partial charge is 0.338 e. The van der Waals surface area contributed by atoms with Gasteiger partial charge in [-0.25, -0.2) is 4.79 Å². The first-order valence-electron chi connectivity index (χ1n) is 7.54. The van der Waals surface area contributed by atoms with Crippen LogP contribution in [0, 0.1) is 11.3 Å². The molecule has 2 rings (SSSR count). The molecule has 0 aliphatic carbocycles. The summed E-state index contributed by atoms with van der Waals surface area (Å²) in [5, 5.41) is 11.4. The monoisotopic (exact) mass is 336 g/mol. The third kappa shape index (κ3) is 4.52. The molecule has 0 aromatic heterocycles. The van der Waals surface area contributed by atoms with Crippen molar-refractivity contribution in [1.29, 1.82) is 5.26 Å². The van der Waals surface area contributed by atoms with E-state index in [1.807, 2.05) is 6.07 Å². The molecule has 0 saturated heterocycles. The molecule has 0 saturated carbocycles. The molecule has 2 aromatic rings. The Labute approximate surface area is 145 Å². The van der Waals surface area contributed by atoms with E-state index in [0.717, 1.165) is 0 Å². The number of para-hydroxylation sites is 1. The number of ketones is 1. The van der Waals surface area contributed by atoms with E-state index in [1.165, 1.54) is 26.0 Å². The number of nitriles is 1. The second kappa shape index (κ2) is 7.88. The molecular formula is C19H16N2O4. The second-order valence-electron chi connectivity index (χ2n) is 5.33. The first kappa shape index (κ1) is 17.9. The van der Waals surface area contributed by atoms with Crippen molar-refractivity contribution < 1.29 is 19.1 Å². The third-order valence-corrected chi connectivity index (χ3v) is 3.44. The first-order valence-corrected chi connectivity index (χ1v) is 7.54. The van der Waals surface area contributed by atoms with Crippen LogP contribution >= 0.6 is 0 Å². The number of hydrogen-bond acceptors (Lipinski definition) is 5. The summed E-state index contributed by atoms with van der Waals surface area (Å²) in [6.07, 6.45) is -1.07. The second-order valence-corrected chi connectivity index (χ2v) is 5.33. The Hall–Kier alpha value is -3.46. The zero-order valence-corrected chi connectivity index (χ0v) is 13.8. The van der Waals surface area contributed by atoms with Crippen LogP contribution in [0.15, 0.2) is 48.5 Å². The van der Waals surface area contributed by atoms with Crippen molar-refractivity contribution in [1.82, 2.24) is 0 Å². The molecule has 126 valence electrons. The number of benzene rings is 2. The molecule has 0 fully saturated rings. The van der Waals surface area contributed by atoms with Gasteiger partial charge < -0.3 is 10.1 Å². The van der Waals surface area contributed by atoms with Crippen molar-refractivity contribution in [2.45, 2.75) is 20.0 Å². The highest BCUT2D eigenvalue weighted by Gasteiger charge is 2.20. The zero-order chi connectivity index (χ0) is 18.4. The predicted octanol–water partition coefficient (Wildman–Crippen LogP) is 2.94. The molecule has 0 unspecified atom stereocenters. The lowest BCUT2D eigenvalue weighted by atomic mass is 10.1. The summed E-state index contributed by atoms with van der Waals surface area (Å²) in [6, 6.07) is 14.5. The fourth-order valence-electron chi connectivity index (χ4n) is 2.13. The van der Waals surface area contributed by atoms with E-state index in [1.54, 1.807) is 36.4 Å². The molecule has 0 aliphatic heterocycles. The number of esters is 1. The van der Waals surface area contributed by atoms with Crippen LogP contribution in [0.4, 0.5) is 5.69 Å². The fourth-order valence-corrected chi connectivity index (χ4v) is 2.13. The number of nitrogens with one attached hydrogen (secondary N) is 1. The quantitative estimate of drug-likeness (QED) is 0.669. The van der Waals surface area contributed by atoms with Crippen molar-refractivity contribution in [3.8, 4) is 6.07 Å². The lowest BCUT2D eigenvalue weighted by Gasteiger charge is -2.15. The van der Waals surface area contributed by atoms with Crippen LogP contribution in [0.3, 0.4) is 0 Å². The van der Waals surface area contributed by atoms with Crippen molar-refractivity contribution >= 4 is 23.3 Å². The largest absolute Gasteiger partial charge is 0.449 e. The van der Waals surface area contributed by atoms with Gasteiger partial charge in [0.25, 0.3) is 5.91 Å². The van der Waals surface area contributed by atoms with Gasteiger partial charge in [0, 0.05) is 5.56 Å². The van der Waals surface area contributed by atoms with Crippen LogP contribution in [0.25, 0.3) is 0 Å². The number of anilines is 1. The Morgan fingerprint density at radius 2 is 1.84 bits per heavy atom. The van der Waals surface area contributed by atoms with E-state index >= 15 is 0 Å². The van der Waals surface area contributed by atoms with Gasteiger partial charge in [-0.1, -0.05) is 18.2 Å². The number of rotatable bonds is 5. The maximum absolute atomic E-state index is 12.2. The van der Waals surface area contributed by atoms with Gasteiger partial charge in [0.2, 0.25) is 0 Å². The molecular weight excluding hydrogens is 320 g/mol. The number of carbonyl (C=O) groups is 3. The number of nitrogens with zero attached hydrogens (tertiary/aromatic N) is 1. The lowest BCUT2D eigenvalue weighted by Crippen LogP contribution is -2.30. The highest BCUT2D eigenvalue weighted by atomic mass is 16.5. The topological polar surface area (TPSA) is 96.3 Å². The van der Waals surface area contributed by atoms with Gasteiger partial charge in [-0.05, 0) is 44.2 Å². The van der Waals surface area contributed by atoms with E-state index in [2.05, 4.69) is 5.32 Å². The average molecular weight is 336 g/mol. The minimum Gasteiger partial charge on any atom is -0.449 e. The summed E-state index contributed by atoms with van der Waals surface area (Å²) < 4.78 is 5.12. The van der Waals surface area contributed by atoms with Gasteiger partial charge in [-0.15, -0.1) is 0 Å². The van der Waals surface area contributed by atoms with Crippen LogP contribution in [0.2, 0.25) is 0 Å². The Morgan fingerprint density at radius 3 is 2.52 bits per heavy atom. The average Bonchev–Trinajstić information content (AvgIpc) is 2.61. The molecule has 6 nitrogen and oxygen atoms in total. The van der Waals surface area contributed by atoms with Crippen LogP contribution in [-0.2, 0) is 9.53 Å². The van der Waals surface area contributed by atoms with Gasteiger partial charge in [-0.3, -0.25) is 9.59 Å². The van der Waals surface area contributed by atoms with Crippen molar-refractivity contribution in [3.05, 3.63) is 65.2 Å². The van der Waals surface area contributed by atoms with Gasteiger partial charge in [0.05, 0.1) is 22.9 Å². The number of ether oxygens (including phenoxy) is 1. The minimum absolute atomic E-state index is 0.183. The Balaban J connectivity index is 2.07. The van der Waals surface area contributed by atoms with Crippen LogP contribution in [0.1, 0.15) is 40.1 Å².